The lowest BCUT2D eigenvalue weighted by molar-refractivity contribution is 0.149. The SMILES string of the molecule is CC(N)N(C)C1CCCCC1. The summed E-state index contributed by atoms with van der Waals surface area (Å²) >= 11 is 0. The van der Waals surface area contributed by atoms with Crippen LogP contribution in [0.2, 0.25) is 0 Å². The van der Waals surface area contributed by atoms with Crippen molar-refractivity contribution in [3.8, 4) is 0 Å². The average molecular weight is 156 g/mol. The summed E-state index contributed by atoms with van der Waals surface area (Å²) in [5.74, 6) is 0. The maximum Gasteiger partial charge on any atom is 0.0542 e. The van der Waals surface area contributed by atoms with E-state index in [2.05, 4.69) is 18.9 Å². The highest BCUT2D eigenvalue weighted by molar-refractivity contribution is 4.74. The number of nitrogens with two attached hydrogens (primary N) is 1. The summed E-state index contributed by atoms with van der Waals surface area (Å²) in [7, 11) is 2.14. The lowest BCUT2D eigenvalue weighted by Crippen LogP contribution is -2.44. The van der Waals surface area contributed by atoms with Crippen molar-refractivity contribution in [3.63, 3.8) is 0 Å². The van der Waals surface area contributed by atoms with Gasteiger partial charge in [0.1, 0.15) is 0 Å². The molecule has 1 aliphatic carbocycles. The number of hydrogen-bond donors (Lipinski definition) is 1. The zero-order chi connectivity index (χ0) is 8.27. The predicted molar refractivity (Wildman–Crippen MR) is 48.3 cm³/mol. The number of hydrogen-bond acceptors (Lipinski definition) is 2. The van der Waals surface area contributed by atoms with Crippen LogP contribution in [-0.4, -0.2) is 24.2 Å². The van der Waals surface area contributed by atoms with Gasteiger partial charge in [-0.25, -0.2) is 0 Å². The van der Waals surface area contributed by atoms with Crippen molar-refractivity contribution >= 4 is 0 Å². The Morgan fingerprint density at radius 3 is 2.27 bits per heavy atom. The topological polar surface area (TPSA) is 29.3 Å². The van der Waals surface area contributed by atoms with Crippen molar-refractivity contribution in [1.29, 1.82) is 0 Å². The highest BCUT2D eigenvalue weighted by atomic mass is 15.2. The molecule has 0 aromatic carbocycles. The van der Waals surface area contributed by atoms with Gasteiger partial charge in [-0.1, -0.05) is 19.3 Å². The molecular weight excluding hydrogens is 136 g/mol. The van der Waals surface area contributed by atoms with Gasteiger partial charge in [0.15, 0.2) is 0 Å². The minimum atomic E-state index is 0.220. The van der Waals surface area contributed by atoms with Crippen molar-refractivity contribution in [2.45, 2.75) is 51.2 Å². The highest BCUT2D eigenvalue weighted by Gasteiger charge is 2.19. The van der Waals surface area contributed by atoms with Crippen LogP contribution in [0.4, 0.5) is 0 Å². The third kappa shape index (κ3) is 2.46. The Morgan fingerprint density at radius 1 is 1.27 bits per heavy atom. The third-order valence-corrected chi connectivity index (χ3v) is 2.79. The van der Waals surface area contributed by atoms with E-state index in [0.717, 1.165) is 6.04 Å². The van der Waals surface area contributed by atoms with Gasteiger partial charge < -0.3 is 5.73 Å². The maximum absolute atomic E-state index is 5.79. The molecule has 0 aromatic heterocycles. The molecule has 2 heteroatoms. The summed E-state index contributed by atoms with van der Waals surface area (Å²) in [4.78, 5) is 2.30. The van der Waals surface area contributed by atoms with Crippen LogP contribution >= 0.6 is 0 Å². The zero-order valence-corrected chi connectivity index (χ0v) is 7.71. The number of rotatable bonds is 2. The lowest BCUT2D eigenvalue weighted by atomic mass is 9.94. The van der Waals surface area contributed by atoms with Gasteiger partial charge in [0.05, 0.1) is 6.17 Å². The first-order chi connectivity index (χ1) is 5.22. The molecule has 0 bridgehead atoms. The standard InChI is InChI=1S/C9H20N2/c1-8(10)11(2)9-6-4-3-5-7-9/h8-9H,3-7,10H2,1-2H3. The van der Waals surface area contributed by atoms with Crippen LogP contribution in [0.5, 0.6) is 0 Å². The average Bonchev–Trinajstić information content (AvgIpc) is 2.05. The number of nitrogens with zero attached hydrogens (tertiary/aromatic N) is 1. The fourth-order valence-electron chi connectivity index (χ4n) is 1.82. The van der Waals surface area contributed by atoms with Crippen molar-refractivity contribution in [3.05, 3.63) is 0 Å². The second-order valence-electron chi connectivity index (χ2n) is 3.70. The molecule has 1 aliphatic rings. The Labute approximate surface area is 69.8 Å². The van der Waals surface area contributed by atoms with E-state index in [4.69, 9.17) is 5.73 Å². The van der Waals surface area contributed by atoms with Crippen LogP contribution in [0, 0.1) is 0 Å². The van der Waals surface area contributed by atoms with Gasteiger partial charge in [-0.05, 0) is 26.8 Å². The zero-order valence-electron chi connectivity index (χ0n) is 7.71. The molecule has 0 radical (unpaired) electrons. The van der Waals surface area contributed by atoms with Crippen LogP contribution in [0.15, 0.2) is 0 Å². The highest BCUT2D eigenvalue weighted by Crippen LogP contribution is 2.21. The summed E-state index contributed by atoms with van der Waals surface area (Å²) in [5.41, 5.74) is 5.79. The first-order valence-electron chi connectivity index (χ1n) is 4.69. The van der Waals surface area contributed by atoms with Gasteiger partial charge in [0, 0.05) is 6.04 Å². The molecule has 1 saturated carbocycles. The molecule has 0 amide bonds. The minimum absolute atomic E-state index is 0.220. The third-order valence-electron chi connectivity index (χ3n) is 2.79. The minimum Gasteiger partial charge on any atom is -0.316 e. The second kappa shape index (κ2) is 4.07. The molecule has 2 nitrogen and oxygen atoms in total. The summed E-state index contributed by atoms with van der Waals surface area (Å²) in [6.07, 6.45) is 7.11. The molecule has 0 saturated heterocycles. The van der Waals surface area contributed by atoms with Gasteiger partial charge in [-0.3, -0.25) is 4.90 Å². The molecule has 2 N–H and O–H groups in total. The molecule has 0 aliphatic heterocycles. The van der Waals surface area contributed by atoms with Crippen molar-refractivity contribution in [1.82, 2.24) is 4.90 Å². The predicted octanol–water partition coefficient (Wildman–Crippen LogP) is 1.56. The van der Waals surface area contributed by atoms with Gasteiger partial charge in [-0.15, -0.1) is 0 Å². The maximum atomic E-state index is 5.79. The van der Waals surface area contributed by atoms with Gasteiger partial charge >= 0.3 is 0 Å². The fourth-order valence-corrected chi connectivity index (χ4v) is 1.82. The Balaban J connectivity index is 2.32. The molecule has 0 aromatic rings. The quantitative estimate of drug-likeness (QED) is 0.615. The normalized spacial score (nSPS) is 24.0. The molecule has 1 rings (SSSR count). The van der Waals surface area contributed by atoms with Crippen LogP contribution in [0.25, 0.3) is 0 Å². The first-order valence-corrected chi connectivity index (χ1v) is 4.69. The van der Waals surface area contributed by atoms with E-state index in [1.807, 2.05) is 0 Å². The molecule has 1 atom stereocenters. The van der Waals surface area contributed by atoms with E-state index in [0.29, 0.717) is 0 Å². The second-order valence-corrected chi connectivity index (χ2v) is 3.70. The first kappa shape index (κ1) is 9.01. The summed E-state index contributed by atoms with van der Waals surface area (Å²) in [6, 6.07) is 0.753. The Bertz CT molecular complexity index is 106. The summed E-state index contributed by atoms with van der Waals surface area (Å²) in [6.45, 7) is 2.06. The van der Waals surface area contributed by atoms with E-state index in [9.17, 15) is 0 Å². The van der Waals surface area contributed by atoms with Crippen LogP contribution in [0.3, 0.4) is 0 Å². The van der Waals surface area contributed by atoms with E-state index < -0.39 is 0 Å². The Morgan fingerprint density at radius 2 is 1.82 bits per heavy atom. The van der Waals surface area contributed by atoms with E-state index in [1.165, 1.54) is 32.1 Å². The lowest BCUT2D eigenvalue weighted by Gasteiger charge is -2.33. The fraction of sp³-hybridized carbons (Fsp3) is 1.00. The summed E-state index contributed by atoms with van der Waals surface area (Å²) in [5, 5.41) is 0. The monoisotopic (exact) mass is 156 g/mol. The molecule has 0 spiro atoms. The van der Waals surface area contributed by atoms with Gasteiger partial charge in [0.25, 0.3) is 0 Å². The van der Waals surface area contributed by atoms with Crippen LogP contribution in [-0.2, 0) is 0 Å². The van der Waals surface area contributed by atoms with Gasteiger partial charge in [0.2, 0.25) is 0 Å². The molecule has 0 heterocycles. The van der Waals surface area contributed by atoms with E-state index >= 15 is 0 Å². The Kier molecular flexibility index (Phi) is 3.34. The van der Waals surface area contributed by atoms with E-state index in [-0.39, 0.29) is 6.17 Å². The summed E-state index contributed by atoms with van der Waals surface area (Å²) < 4.78 is 0. The van der Waals surface area contributed by atoms with Gasteiger partial charge in [-0.2, -0.15) is 0 Å². The van der Waals surface area contributed by atoms with Crippen molar-refractivity contribution in [2.75, 3.05) is 7.05 Å². The van der Waals surface area contributed by atoms with Crippen molar-refractivity contribution in [2.24, 2.45) is 5.73 Å². The van der Waals surface area contributed by atoms with E-state index in [1.54, 1.807) is 0 Å². The smallest absolute Gasteiger partial charge is 0.0542 e. The molecular formula is C9H20N2. The van der Waals surface area contributed by atoms with Crippen molar-refractivity contribution < 1.29 is 0 Å². The molecule has 1 fully saturated rings. The largest absolute Gasteiger partial charge is 0.316 e. The van der Waals surface area contributed by atoms with Crippen LogP contribution in [0.1, 0.15) is 39.0 Å². The van der Waals surface area contributed by atoms with Crippen LogP contribution < -0.4 is 5.73 Å². The Hall–Kier alpha value is -0.0800. The molecule has 1 unspecified atom stereocenters. The molecule has 11 heavy (non-hydrogen) atoms. The molecule has 66 valence electrons.